The molecule has 0 aromatic rings. The van der Waals surface area contributed by atoms with Gasteiger partial charge in [-0.15, -0.1) is 0 Å². The highest BCUT2D eigenvalue weighted by Gasteiger charge is 2.14. The Morgan fingerprint density at radius 1 is 1.12 bits per heavy atom. The number of rotatable bonds is 3. The van der Waals surface area contributed by atoms with E-state index in [1.54, 1.807) is 7.05 Å². The number of nitrogens with one attached hydrogen (secondary N) is 2. The summed E-state index contributed by atoms with van der Waals surface area (Å²) in [6.07, 6.45) is 4.94. The van der Waals surface area contributed by atoms with Crippen LogP contribution in [-0.2, 0) is 4.79 Å². The fourth-order valence-electron chi connectivity index (χ4n) is 1.79. The summed E-state index contributed by atoms with van der Waals surface area (Å²) < 4.78 is 0. The standard InChI is InChI=1S/C11H21N3O2/c1-12-10(15)6-7-13-11(16)14-8-4-2-3-5-9-14/h2-9H2,1H3,(H,12,15)(H,13,16). The van der Waals surface area contributed by atoms with Crippen LogP contribution in [0.5, 0.6) is 0 Å². The second-order valence-electron chi connectivity index (χ2n) is 4.06. The summed E-state index contributed by atoms with van der Waals surface area (Å²) in [5, 5.41) is 5.30. The Hall–Kier alpha value is -1.26. The van der Waals surface area contributed by atoms with Crippen molar-refractivity contribution in [1.29, 1.82) is 0 Å². The molecule has 0 atom stereocenters. The molecule has 92 valence electrons. The molecule has 3 amide bonds. The topological polar surface area (TPSA) is 61.4 Å². The van der Waals surface area contributed by atoms with Crippen molar-refractivity contribution >= 4 is 11.9 Å². The molecule has 5 nitrogen and oxygen atoms in total. The molecule has 16 heavy (non-hydrogen) atoms. The molecule has 0 aromatic carbocycles. The summed E-state index contributed by atoms with van der Waals surface area (Å²) in [4.78, 5) is 24.5. The third kappa shape index (κ3) is 4.51. The molecule has 0 bridgehead atoms. The van der Waals surface area contributed by atoms with Crippen molar-refractivity contribution in [1.82, 2.24) is 15.5 Å². The van der Waals surface area contributed by atoms with E-state index in [0.29, 0.717) is 13.0 Å². The van der Waals surface area contributed by atoms with Gasteiger partial charge in [0.15, 0.2) is 0 Å². The molecule has 0 spiro atoms. The fraction of sp³-hybridized carbons (Fsp3) is 0.818. The molecule has 5 heteroatoms. The van der Waals surface area contributed by atoms with Gasteiger partial charge in [0.05, 0.1) is 0 Å². The van der Waals surface area contributed by atoms with E-state index in [1.807, 2.05) is 4.90 Å². The lowest BCUT2D eigenvalue weighted by atomic mass is 10.2. The van der Waals surface area contributed by atoms with E-state index in [2.05, 4.69) is 10.6 Å². The second-order valence-corrected chi connectivity index (χ2v) is 4.06. The van der Waals surface area contributed by atoms with Crippen molar-refractivity contribution in [3.63, 3.8) is 0 Å². The van der Waals surface area contributed by atoms with Crippen LogP contribution in [0.15, 0.2) is 0 Å². The quantitative estimate of drug-likeness (QED) is 0.746. The first kappa shape index (κ1) is 12.8. The number of likely N-dealkylation sites (tertiary alicyclic amines) is 1. The normalized spacial score (nSPS) is 16.4. The van der Waals surface area contributed by atoms with Crippen molar-refractivity contribution in [2.45, 2.75) is 32.1 Å². The van der Waals surface area contributed by atoms with Gasteiger partial charge in [0.25, 0.3) is 0 Å². The van der Waals surface area contributed by atoms with Gasteiger partial charge in [-0.1, -0.05) is 12.8 Å². The minimum atomic E-state index is -0.0452. The Morgan fingerprint density at radius 3 is 2.31 bits per heavy atom. The van der Waals surface area contributed by atoms with Crippen LogP contribution in [0.4, 0.5) is 4.79 Å². The average molecular weight is 227 g/mol. The van der Waals surface area contributed by atoms with Crippen molar-refractivity contribution in [2.75, 3.05) is 26.7 Å². The Kier molecular flexibility index (Phi) is 5.67. The maximum atomic E-state index is 11.7. The first-order valence-corrected chi connectivity index (χ1v) is 5.97. The predicted octanol–water partition coefficient (Wildman–Crippen LogP) is 0.708. The number of urea groups is 1. The zero-order valence-electron chi connectivity index (χ0n) is 9.92. The zero-order valence-corrected chi connectivity index (χ0v) is 9.92. The first-order valence-electron chi connectivity index (χ1n) is 5.97. The molecule has 0 unspecified atom stereocenters. The highest BCUT2D eigenvalue weighted by atomic mass is 16.2. The Bertz CT molecular complexity index is 235. The van der Waals surface area contributed by atoms with Gasteiger partial charge < -0.3 is 15.5 Å². The molecule has 1 saturated heterocycles. The van der Waals surface area contributed by atoms with Crippen LogP contribution in [0.2, 0.25) is 0 Å². The van der Waals surface area contributed by atoms with Crippen molar-refractivity contribution < 1.29 is 9.59 Å². The number of hydrogen-bond acceptors (Lipinski definition) is 2. The SMILES string of the molecule is CNC(=O)CCNC(=O)N1CCCCCC1. The molecular formula is C11H21N3O2. The fourth-order valence-corrected chi connectivity index (χ4v) is 1.79. The lowest BCUT2D eigenvalue weighted by Crippen LogP contribution is -2.41. The Balaban J connectivity index is 2.20. The number of hydrogen-bond donors (Lipinski definition) is 2. The lowest BCUT2D eigenvalue weighted by Gasteiger charge is -2.20. The van der Waals surface area contributed by atoms with E-state index < -0.39 is 0 Å². The first-order chi connectivity index (χ1) is 7.74. The molecule has 0 aliphatic carbocycles. The molecule has 0 aromatic heterocycles. The highest BCUT2D eigenvalue weighted by Crippen LogP contribution is 2.09. The summed E-state index contributed by atoms with van der Waals surface area (Å²) in [5.41, 5.74) is 0. The summed E-state index contributed by atoms with van der Waals surface area (Å²) in [6, 6.07) is -0.0363. The molecule has 1 rings (SSSR count). The van der Waals surface area contributed by atoms with Gasteiger partial charge in [0, 0.05) is 33.1 Å². The van der Waals surface area contributed by atoms with Crippen LogP contribution < -0.4 is 10.6 Å². The number of carbonyl (C=O) groups excluding carboxylic acids is 2. The van der Waals surface area contributed by atoms with Crippen LogP contribution >= 0.6 is 0 Å². The Morgan fingerprint density at radius 2 is 1.75 bits per heavy atom. The monoisotopic (exact) mass is 227 g/mol. The number of carbonyl (C=O) groups is 2. The van der Waals surface area contributed by atoms with Crippen LogP contribution in [0.3, 0.4) is 0 Å². The van der Waals surface area contributed by atoms with Crippen LogP contribution in [0, 0.1) is 0 Å². The second kappa shape index (κ2) is 7.09. The molecular weight excluding hydrogens is 206 g/mol. The number of nitrogens with zero attached hydrogens (tertiary/aromatic N) is 1. The summed E-state index contributed by atoms with van der Waals surface area (Å²) >= 11 is 0. The molecule has 0 saturated carbocycles. The van der Waals surface area contributed by atoms with Crippen molar-refractivity contribution in [3.8, 4) is 0 Å². The summed E-state index contributed by atoms with van der Waals surface area (Å²) in [6.45, 7) is 2.09. The molecule has 2 N–H and O–H groups in total. The maximum absolute atomic E-state index is 11.7. The van der Waals surface area contributed by atoms with Gasteiger partial charge in [0.1, 0.15) is 0 Å². The molecule has 1 aliphatic rings. The third-order valence-electron chi connectivity index (χ3n) is 2.80. The van der Waals surface area contributed by atoms with Crippen LogP contribution in [0.1, 0.15) is 32.1 Å². The molecule has 0 radical (unpaired) electrons. The van der Waals surface area contributed by atoms with Gasteiger partial charge in [-0.25, -0.2) is 4.79 Å². The smallest absolute Gasteiger partial charge is 0.317 e. The van der Waals surface area contributed by atoms with Gasteiger partial charge >= 0.3 is 6.03 Å². The lowest BCUT2D eigenvalue weighted by molar-refractivity contribution is -0.120. The van der Waals surface area contributed by atoms with E-state index >= 15 is 0 Å². The summed E-state index contributed by atoms with van der Waals surface area (Å²) in [7, 11) is 1.60. The average Bonchev–Trinajstić information content (AvgIpc) is 2.57. The largest absolute Gasteiger partial charge is 0.359 e. The van der Waals surface area contributed by atoms with E-state index in [0.717, 1.165) is 25.9 Å². The number of amides is 3. The molecule has 1 aliphatic heterocycles. The molecule has 1 heterocycles. The predicted molar refractivity (Wildman–Crippen MR) is 62.1 cm³/mol. The van der Waals surface area contributed by atoms with Crippen LogP contribution in [-0.4, -0.2) is 43.5 Å². The van der Waals surface area contributed by atoms with Crippen LogP contribution in [0.25, 0.3) is 0 Å². The van der Waals surface area contributed by atoms with Gasteiger partial charge in [-0.3, -0.25) is 4.79 Å². The molecule has 1 fully saturated rings. The minimum Gasteiger partial charge on any atom is -0.359 e. The Labute approximate surface area is 96.6 Å². The van der Waals surface area contributed by atoms with Crippen molar-refractivity contribution in [2.24, 2.45) is 0 Å². The van der Waals surface area contributed by atoms with Gasteiger partial charge in [0.2, 0.25) is 5.91 Å². The maximum Gasteiger partial charge on any atom is 0.317 e. The van der Waals surface area contributed by atoms with Crippen molar-refractivity contribution in [3.05, 3.63) is 0 Å². The van der Waals surface area contributed by atoms with E-state index in [-0.39, 0.29) is 11.9 Å². The zero-order chi connectivity index (χ0) is 11.8. The summed E-state index contributed by atoms with van der Waals surface area (Å²) in [5.74, 6) is -0.0452. The minimum absolute atomic E-state index is 0.0363. The third-order valence-corrected chi connectivity index (χ3v) is 2.80. The van der Waals surface area contributed by atoms with E-state index in [1.165, 1.54) is 12.8 Å². The van der Waals surface area contributed by atoms with Gasteiger partial charge in [-0.2, -0.15) is 0 Å². The highest BCUT2D eigenvalue weighted by molar-refractivity contribution is 5.78. The van der Waals surface area contributed by atoms with E-state index in [9.17, 15) is 9.59 Å². The van der Waals surface area contributed by atoms with Gasteiger partial charge in [-0.05, 0) is 12.8 Å². The van der Waals surface area contributed by atoms with E-state index in [4.69, 9.17) is 0 Å².